The van der Waals surface area contributed by atoms with Crippen LogP contribution in [0.4, 0.5) is 5.69 Å². The van der Waals surface area contributed by atoms with Gasteiger partial charge in [-0.05, 0) is 6.07 Å². The number of rotatable bonds is 2. The van der Waals surface area contributed by atoms with Gasteiger partial charge in [0.05, 0.1) is 28.5 Å². The lowest BCUT2D eigenvalue weighted by molar-refractivity contribution is -0.385. The highest BCUT2D eigenvalue weighted by atomic mass is 35.5. The monoisotopic (exact) mass is 275 g/mol. The molecule has 8 heteroatoms. The van der Waals surface area contributed by atoms with E-state index in [1.54, 1.807) is 29.3 Å². The van der Waals surface area contributed by atoms with Crippen LogP contribution in [0.1, 0.15) is 0 Å². The highest BCUT2D eigenvalue weighted by molar-refractivity contribution is 6.31. The Morgan fingerprint density at radius 1 is 1.32 bits per heavy atom. The molecule has 3 heterocycles. The molecule has 94 valence electrons. The van der Waals surface area contributed by atoms with Crippen LogP contribution in [0.15, 0.2) is 36.9 Å². The lowest BCUT2D eigenvalue weighted by atomic mass is 10.2. The third kappa shape index (κ3) is 1.89. The molecule has 0 saturated carbocycles. The molecule has 0 atom stereocenters. The number of hydrogen-bond acceptors (Lipinski definition) is 5. The van der Waals surface area contributed by atoms with Crippen molar-refractivity contribution in [3.8, 4) is 11.3 Å². The molecule has 0 bridgehead atoms. The van der Waals surface area contributed by atoms with Crippen molar-refractivity contribution < 1.29 is 4.92 Å². The minimum Gasteiger partial charge on any atom is -0.261 e. The van der Waals surface area contributed by atoms with E-state index in [0.29, 0.717) is 11.3 Å². The molecule has 0 aliphatic carbocycles. The second-order valence-corrected chi connectivity index (χ2v) is 4.09. The Labute approximate surface area is 111 Å². The third-order valence-corrected chi connectivity index (χ3v) is 2.90. The zero-order valence-electron chi connectivity index (χ0n) is 9.39. The summed E-state index contributed by atoms with van der Waals surface area (Å²) >= 11 is 5.80. The Kier molecular flexibility index (Phi) is 2.60. The summed E-state index contributed by atoms with van der Waals surface area (Å²) in [5, 5.41) is 14.7. The molecule has 0 saturated heterocycles. The number of halogens is 1. The van der Waals surface area contributed by atoms with E-state index in [9.17, 15) is 10.1 Å². The first-order chi connectivity index (χ1) is 9.16. The maximum absolute atomic E-state index is 10.7. The van der Waals surface area contributed by atoms with Crippen LogP contribution in [0.2, 0.25) is 5.15 Å². The maximum Gasteiger partial charge on any atom is 0.306 e. The van der Waals surface area contributed by atoms with Crippen molar-refractivity contribution in [3.63, 3.8) is 0 Å². The van der Waals surface area contributed by atoms with Crippen molar-refractivity contribution in [3.05, 3.63) is 52.2 Å². The number of nitrogens with zero attached hydrogens (tertiary/aromatic N) is 5. The smallest absolute Gasteiger partial charge is 0.261 e. The first-order valence-electron chi connectivity index (χ1n) is 5.25. The van der Waals surface area contributed by atoms with Gasteiger partial charge in [0.25, 0.3) is 0 Å². The average Bonchev–Trinajstić information content (AvgIpc) is 2.82. The average molecular weight is 276 g/mol. The van der Waals surface area contributed by atoms with Crippen LogP contribution in [0.5, 0.6) is 0 Å². The van der Waals surface area contributed by atoms with Crippen LogP contribution < -0.4 is 0 Å². The summed E-state index contributed by atoms with van der Waals surface area (Å²) in [5.41, 5.74) is 1.75. The van der Waals surface area contributed by atoms with Crippen molar-refractivity contribution >= 4 is 22.8 Å². The van der Waals surface area contributed by atoms with E-state index < -0.39 is 4.92 Å². The quantitative estimate of drug-likeness (QED) is 0.407. The number of fused-ring (bicyclic) bond motifs is 1. The third-order valence-electron chi connectivity index (χ3n) is 2.63. The molecule has 0 fully saturated rings. The van der Waals surface area contributed by atoms with Crippen LogP contribution in [0, 0.1) is 10.1 Å². The highest BCUT2D eigenvalue weighted by Crippen LogP contribution is 2.28. The molecule has 0 N–H and O–H groups in total. The summed E-state index contributed by atoms with van der Waals surface area (Å²) in [6.45, 7) is 0. The number of pyridine rings is 1. The van der Waals surface area contributed by atoms with Crippen LogP contribution in [0.25, 0.3) is 16.8 Å². The Morgan fingerprint density at radius 2 is 2.16 bits per heavy atom. The molecule has 0 radical (unpaired) electrons. The van der Waals surface area contributed by atoms with E-state index in [2.05, 4.69) is 15.1 Å². The Morgan fingerprint density at radius 3 is 2.89 bits per heavy atom. The van der Waals surface area contributed by atoms with Gasteiger partial charge in [0, 0.05) is 24.0 Å². The molecule has 7 nitrogen and oxygen atoms in total. The minimum absolute atomic E-state index is 0.147. The lowest BCUT2D eigenvalue weighted by Gasteiger charge is -2.00. The van der Waals surface area contributed by atoms with Gasteiger partial charge < -0.3 is 0 Å². The van der Waals surface area contributed by atoms with E-state index in [4.69, 9.17) is 11.6 Å². The molecule has 0 spiro atoms. The molecular formula is C11H6ClN5O2. The van der Waals surface area contributed by atoms with Gasteiger partial charge in [0.2, 0.25) is 5.15 Å². The van der Waals surface area contributed by atoms with Gasteiger partial charge in [-0.2, -0.15) is 5.10 Å². The van der Waals surface area contributed by atoms with Gasteiger partial charge in [0.1, 0.15) is 0 Å². The van der Waals surface area contributed by atoms with E-state index in [1.165, 1.54) is 12.1 Å². The fourth-order valence-corrected chi connectivity index (χ4v) is 1.97. The molecule has 0 amide bonds. The first kappa shape index (κ1) is 11.5. The summed E-state index contributed by atoms with van der Waals surface area (Å²) in [5.74, 6) is 0. The zero-order chi connectivity index (χ0) is 13.4. The van der Waals surface area contributed by atoms with Gasteiger partial charge in [-0.3, -0.25) is 15.1 Å². The normalized spacial score (nSPS) is 10.8. The Hall–Kier alpha value is -2.54. The van der Waals surface area contributed by atoms with Gasteiger partial charge in [0.15, 0.2) is 0 Å². The Balaban J connectivity index is 2.17. The summed E-state index contributed by atoms with van der Waals surface area (Å²) < 4.78 is 1.64. The molecule has 0 aromatic carbocycles. The van der Waals surface area contributed by atoms with E-state index in [0.717, 1.165) is 5.52 Å². The molecule has 0 aliphatic rings. The number of aromatic nitrogens is 4. The van der Waals surface area contributed by atoms with Crippen molar-refractivity contribution in [1.82, 2.24) is 19.6 Å². The van der Waals surface area contributed by atoms with Crippen molar-refractivity contribution in [2.24, 2.45) is 0 Å². The highest BCUT2D eigenvalue weighted by Gasteiger charge is 2.16. The zero-order valence-corrected chi connectivity index (χ0v) is 10.2. The number of hydrogen-bond donors (Lipinski definition) is 0. The summed E-state index contributed by atoms with van der Waals surface area (Å²) in [4.78, 5) is 18.2. The predicted octanol–water partition coefficient (Wildman–Crippen LogP) is 2.35. The SMILES string of the molecule is O=[N+]([O-])c1ccc(-c2cnn3ccncc23)nc1Cl. The van der Waals surface area contributed by atoms with E-state index in [-0.39, 0.29) is 10.8 Å². The fraction of sp³-hybridized carbons (Fsp3) is 0. The summed E-state index contributed by atoms with van der Waals surface area (Å²) in [6, 6.07) is 2.86. The Bertz CT molecular complexity index is 786. The van der Waals surface area contributed by atoms with Gasteiger partial charge in [-0.25, -0.2) is 9.50 Å². The molecule has 3 aromatic rings. The largest absolute Gasteiger partial charge is 0.306 e. The van der Waals surface area contributed by atoms with Crippen LogP contribution in [0.3, 0.4) is 0 Å². The molecule has 0 unspecified atom stereocenters. The predicted molar refractivity (Wildman–Crippen MR) is 67.9 cm³/mol. The topological polar surface area (TPSA) is 86.2 Å². The number of nitro groups is 1. The molecule has 3 aromatic heterocycles. The van der Waals surface area contributed by atoms with Crippen LogP contribution in [-0.2, 0) is 0 Å². The molecule has 3 rings (SSSR count). The van der Waals surface area contributed by atoms with Gasteiger partial charge in [-0.15, -0.1) is 0 Å². The molecule has 0 aliphatic heterocycles. The molecule has 19 heavy (non-hydrogen) atoms. The second-order valence-electron chi connectivity index (χ2n) is 3.73. The van der Waals surface area contributed by atoms with Crippen LogP contribution >= 0.6 is 11.6 Å². The second kappa shape index (κ2) is 4.29. The van der Waals surface area contributed by atoms with Gasteiger partial charge >= 0.3 is 5.69 Å². The van der Waals surface area contributed by atoms with Crippen molar-refractivity contribution in [1.29, 1.82) is 0 Å². The molecular weight excluding hydrogens is 270 g/mol. The minimum atomic E-state index is -0.573. The van der Waals surface area contributed by atoms with E-state index in [1.807, 2.05) is 0 Å². The van der Waals surface area contributed by atoms with Crippen molar-refractivity contribution in [2.75, 3.05) is 0 Å². The van der Waals surface area contributed by atoms with Crippen LogP contribution in [-0.4, -0.2) is 24.5 Å². The lowest BCUT2D eigenvalue weighted by Crippen LogP contribution is -1.93. The van der Waals surface area contributed by atoms with E-state index >= 15 is 0 Å². The first-order valence-corrected chi connectivity index (χ1v) is 5.63. The summed E-state index contributed by atoms with van der Waals surface area (Å²) in [6.07, 6.45) is 6.56. The summed E-state index contributed by atoms with van der Waals surface area (Å²) in [7, 11) is 0. The standard InChI is InChI=1S/C11H6ClN5O2/c12-11-9(17(18)19)2-1-8(15-11)7-5-14-16-4-3-13-6-10(7)16/h1-6H. The van der Waals surface area contributed by atoms with Gasteiger partial charge in [-0.1, -0.05) is 11.6 Å². The maximum atomic E-state index is 10.7. The van der Waals surface area contributed by atoms with Crippen molar-refractivity contribution in [2.45, 2.75) is 0 Å². The fourth-order valence-electron chi connectivity index (χ4n) is 1.74.